The van der Waals surface area contributed by atoms with Gasteiger partial charge in [0.2, 0.25) is 0 Å². The molecule has 3 nitrogen and oxygen atoms in total. The van der Waals surface area contributed by atoms with E-state index in [1.165, 1.54) is 19.3 Å². The van der Waals surface area contributed by atoms with Gasteiger partial charge in [-0.2, -0.15) is 0 Å². The first-order valence-electron chi connectivity index (χ1n) is 5.63. The first-order chi connectivity index (χ1) is 7.29. The van der Waals surface area contributed by atoms with Crippen LogP contribution in [0.3, 0.4) is 0 Å². The predicted octanol–water partition coefficient (Wildman–Crippen LogP) is 1.87. The maximum Gasteiger partial charge on any atom is 0.133 e. The largest absolute Gasteiger partial charge is 0.346 e. The zero-order valence-electron chi connectivity index (χ0n) is 9.15. The molecule has 0 saturated carbocycles. The third-order valence-corrected chi connectivity index (χ3v) is 3.01. The molecule has 1 aromatic heterocycles. The Kier molecular flexibility index (Phi) is 3.36. The number of imidazole rings is 1. The fourth-order valence-electron chi connectivity index (χ4n) is 2.12. The minimum absolute atomic E-state index is 0.472. The number of rotatable bonds is 3. The normalized spacial score (nSPS) is 21.9. The van der Waals surface area contributed by atoms with Crippen LogP contribution in [0, 0.1) is 6.92 Å². The summed E-state index contributed by atoms with van der Waals surface area (Å²) in [7, 11) is 0. The number of aromatic nitrogens is 2. The van der Waals surface area contributed by atoms with Gasteiger partial charge in [0, 0.05) is 18.2 Å². The van der Waals surface area contributed by atoms with Crippen molar-refractivity contribution in [2.45, 2.75) is 45.3 Å². The lowest BCUT2D eigenvalue weighted by molar-refractivity contribution is 0.394. The summed E-state index contributed by atoms with van der Waals surface area (Å²) in [6, 6.07) is 0.511. The summed E-state index contributed by atoms with van der Waals surface area (Å²) < 4.78 is 12.5. The van der Waals surface area contributed by atoms with Crippen LogP contribution in [-0.2, 0) is 13.1 Å². The summed E-state index contributed by atoms with van der Waals surface area (Å²) >= 11 is 0. The standard InChI is InChI=1S/C11H18FN3/c1-8-10(7-12)15-11(14-8)6-9-4-2-3-5-13-9/h9,13H,2-7H2,1H3,(H,14,15). The number of nitrogens with zero attached hydrogens (tertiary/aromatic N) is 1. The van der Waals surface area contributed by atoms with E-state index in [1.807, 2.05) is 6.92 Å². The van der Waals surface area contributed by atoms with E-state index in [9.17, 15) is 4.39 Å². The molecule has 2 N–H and O–H groups in total. The highest BCUT2D eigenvalue weighted by Crippen LogP contribution is 2.13. The van der Waals surface area contributed by atoms with Crippen LogP contribution in [0.5, 0.6) is 0 Å². The molecule has 2 heterocycles. The van der Waals surface area contributed by atoms with Crippen LogP contribution in [-0.4, -0.2) is 22.6 Å². The zero-order valence-corrected chi connectivity index (χ0v) is 9.15. The zero-order chi connectivity index (χ0) is 10.7. The molecule has 0 aliphatic carbocycles. The van der Waals surface area contributed by atoms with Gasteiger partial charge in [-0.25, -0.2) is 9.37 Å². The van der Waals surface area contributed by atoms with Gasteiger partial charge in [0.15, 0.2) is 0 Å². The molecule has 0 bridgehead atoms. The fourth-order valence-corrected chi connectivity index (χ4v) is 2.12. The monoisotopic (exact) mass is 211 g/mol. The predicted molar refractivity (Wildman–Crippen MR) is 57.5 cm³/mol. The first-order valence-corrected chi connectivity index (χ1v) is 5.63. The van der Waals surface area contributed by atoms with Crippen molar-refractivity contribution >= 4 is 0 Å². The Hall–Kier alpha value is -0.900. The van der Waals surface area contributed by atoms with Crippen molar-refractivity contribution in [2.75, 3.05) is 6.54 Å². The van der Waals surface area contributed by atoms with Crippen LogP contribution in [0.25, 0.3) is 0 Å². The van der Waals surface area contributed by atoms with Gasteiger partial charge in [0.25, 0.3) is 0 Å². The quantitative estimate of drug-likeness (QED) is 0.801. The van der Waals surface area contributed by atoms with Crippen LogP contribution >= 0.6 is 0 Å². The molecule has 4 heteroatoms. The Morgan fingerprint density at radius 2 is 2.33 bits per heavy atom. The average molecular weight is 211 g/mol. The number of alkyl halides is 1. The van der Waals surface area contributed by atoms with Crippen LogP contribution in [0.2, 0.25) is 0 Å². The van der Waals surface area contributed by atoms with Crippen molar-refractivity contribution in [2.24, 2.45) is 0 Å². The van der Waals surface area contributed by atoms with Crippen molar-refractivity contribution in [3.05, 3.63) is 17.2 Å². The molecule has 1 aliphatic rings. The molecule has 1 aliphatic heterocycles. The molecule has 1 unspecified atom stereocenters. The third kappa shape index (κ3) is 2.56. The van der Waals surface area contributed by atoms with E-state index in [2.05, 4.69) is 15.3 Å². The summed E-state index contributed by atoms with van der Waals surface area (Å²) in [5, 5.41) is 3.46. The molecular weight excluding hydrogens is 193 g/mol. The highest BCUT2D eigenvalue weighted by atomic mass is 19.1. The van der Waals surface area contributed by atoms with Crippen molar-refractivity contribution in [1.29, 1.82) is 0 Å². The van der Waals surface area contributed by atoms with Gasteiger partial charge >= 0.3 is 0 Å². The average Bonchev–Trinajstić information content (AvgIpc) is 2.60. The lowest BCUT2D eigenvalue weighted by atomic mass is 10.0. The van der Waals surface area contributed by atoms with E-state index in [4.69, 9.17) is 0 Å². The minimum atomic E-state index is -0.472. The van der Waals surface area contributed by atoms with Gasteiger partial charge in [-0.1, -0.05) is 6.42 Å². The molecule has 0 amide bonds. The summed E-state index contributed by atoms with van der Waals surface area (Å²) in [6.07, 6.45) is 4.64. The van der Waals surface area contributed by atoms with Crippen molar-refractivity contribution in [1.82, 2.24) is 15.3 Å². The van der Waals surface area contributed by atoms with E-state index in [1.54, 1.807) is 0 Å². The highest BCUT2D eigenvalue weighted by molar-refractivity contribution is 5.12. The highest BCUT2D eigenvalue weighted by Gasteiger charge is 2.15. The number of piperidine rings is 1. The van der Waals surface area contributed by atoms with Gasteiger partial charge in [-0.05, 0) is 26.3 Å². The molecule has 0 aromatic carbocycles. The van der Waals surface area contributed by atoms with Crippen LogP contribution in [0.1, 0.15) is 36.5 Å². The number of halogens is 1. The number of aromatic amines is 1. The first kappa shape index (κ1) is 10.6. The summed E-state index contributed by atoms with van der Waals surface area (Å²) in [4.78, 5) is 7.40. The van der Waals surface area contributed by atoms with Crippen molar-refractivity contribution in [3.63, 3.8) is 0 Å². The van der Waals surface area contributed by atoms with Gasteiger partial charge in [0.1, 0.15) is 12.5 Å². The minimum Gasteiger partial charge on any atom is -0.346 e. The molecule has 2 rings (SSSR count). The Morgan fingerprint density at radius 3 is 2.93 bits per heavy atom. The Balaban J connectivity index is 1.97. The Bertz CT molecular complexity index is 316. The molecule has 1 aromatic rings. The molecule has 15 heavy (non-hydrogen) atoms. The van der Waals surface area contributed by atoms with Crippen LogP contribution in [0.4, 0.5) is 4.39 Å². The second kappa shape index (κ2) is 4.75. The van der Waals surface area contributed by atoms with Gasteiger partial charge in [0.05, 0.1) is 5.69 Å². The summed E-state index contributed by atoms with van der Waals surface area (Å²) in [5.74, 6) is 0.916. The number of H-pyrrole nitrogens is 1. The molecule has 84 valence electrons. The maximum absolute atomic E-state index is 12.5. The molecule has 0 radical (unpaired) electrons. The maximum atomic E-state index is 12.5. The van der Waals surface area contributed by atoms with E-state index in [0.29, 0.717) is 11.7 Å². The third-order valence-electron chi connectivity index (χ3n) is 3.01. The van der Waals surface area contributed by atoms with E-state index >= 15 is 0 Å². The van der Waals surface area contributed by atoms with E-state index in [0.717, 1.165) is 24.5 Å². The topological polar surface area (TPSA) is 40.7 Å². The van der Waals surface area contributed by atoms with Gasteiger partial charge in [-0.3, -0.25) is 0 Å². The SMILES string of the molecule is Cc1[nH]c(CC2CCCCN2)nc1CF. The Labute approximate surface area is 89.5 Å². The van der Waals surface area contributed by atoms with Gasteiger partial charge in [-0.15, -0.1) is 0 Å². The molecular formula is C11H18FN3. The second-order valence-corrected chi connectivity index (χ2v) is 4.24. The smallest absolute Gasteiger partial charge is 0.133 e. The lowest BCUT2D eigenvalue weighted by Gasteiger charge is -2.22. The van der Waals surface area contributed by atoms with E-state index in [-0.39, 0.29) is 0 Å². The van der Waals surface area contributed by atoms with Gasteiger partial charge < -0.3 is 10.3 Å². The van der Waals surface area contributed by atoms with Crippen molar-refractivity contribution < 1.29 is 4.39 Å². The number of aryl methyl sites for hydroxylation is 1. The van der Waals surface area contributed by atoms with Crippen molar-refractivity contribution in [3.8, 4) is 0 Å². The molecule has 1 atom stereocenters. The van der Waals surface area contributed by atoms with Crippen LogP contribution in [0.15, 0.2) is 0 Å². The number of nitrogens with one attached hydrogen (secondary N) is 2. The number of hydrogen-bond donors (Lipinski definition) is 2. The summed E-state index contributed by atoms with van der Waals surface area (Å²) in [6.45, 7) is 2.50. The molecule has 1 fully saturated rings. The molecule has 1 saturated heterocycles. The molecule has 0 spiro atoms. The van der Waals surface area contributed by atoms with Crippen LogP contribution < -0.4 is 5.32 Å². The lowest BCUT2D eigenvalue weighted by Crippen LogP contribution is -2.35. The van der Waals surface area contributed by atoms with E-state index < -0.39 is 6.67 Å². The Morgan fingerprint density at radius 1 is 1.47 bits per heavy atom. The second-order valence-electron chi connectivity index (χ2n) is 4.24. The fraction of sp³-hybridized carbons (Fsp3) is 0.727. The summed E-state index contributed by atoms with van der Waals surface area (Å²) in [5.41, 5.74) is 1.42. The number of hydrogen-bond acceptors (Lipinski definition) is 2.